The summed E-state index contributed by atoms with van der Waals surface area (Å²) >= 11 is 0. The molecule has 0 bridgehead atoms. The van der Waals surface area contributed by atoms with Gasteiger partial charge in [0, 0.05) is 18.8 Å². The average Bonchev–Trinajstić information content (AvgIpc) is 3.11. The fourth-order valence-electron chi connectivity index (χ4n) is 1.73. The number of nitrogens with zero attached hydrogens (tertiary/aromatic N) is 1. The molecule has 1 fully saturated rings. The lowest BCUT2D eigenvalue weighted by Crippen LogP contribution is -2.30. The van der Waals surface area contributed by atoms with Gasteiger partial charge in [-0.25, -0.2) is 13.2 Å². The van der Waals surface area contributed by atoms with Crippen LogP contribution in [0.2, 0.25) is 0 Å². The molecule has 0 aromatic heterocycles. The molecule has 0 saturated heterocycles. The standard InChI is InChI=1S/C11H14N2O4S/c1-13(8-3-4-8)18(16,17)10-5-2-7(12)6-9(10)11(14)15/h2,5-6,8H,3-4,12H2,1H3,(H,14,15). The summed E-state index contributed by atoms with van der Waals surface area (Å²) in [6.07, 6.45) is 1.63. The molecule has 0 heterocycles. The monoisotopic (exact) mass is 270 g/mol. The topological polar surface area (TPSA) is 101 Å². The number of benzene rings is 1. The van der Waals surface area contributed by atoms with Gasteiger partial charge in [0.2, 0.25) is 10.0 Å². The molecule has 1 aromatic rings. The molecule has 18 heavy (non-hydrogen) atoms. The number of carboxylic acids is 1. The van der Waals surface area contributed by atoms with Gasteiger partial charge in [0.05, 0.1) is 10.5 Å². The van der Waals surface area contributed by atoms with E-state index in [9.17, 15) is 13.2 Å². The maximum absolute atomic E-state index is 12.3. The molecule has 6 nitrogen and oxygen atoms in total. The summed E-state index contributed by atoms with van der Waals surface area (Å²) in [6.45, 7) is 0. The molecule has 1 aromatic carbocycles. The molecule has 0 radical (unpaired) electrons. The van der Waals surface area contributed by atoms with Crippen molar-refractivity contribution in [1.82, 2.24) is 4.31 Å². The van der Waals surface area contributed by atoms with Gasteiger partial charge in [-0.05, 0) is 31.0 Å². The number of hydrogen-bond donors (Lipinski definition) is 2. The lowest BCUT2D eigenvalue weighted by Gasteiger charge is -2.17. The Balaban J connectivity index is 2.53. The molecule has 98 valence electrons. The molecule has 1 aliphatic carbocycles. The lowest BCUT2D eigenvalue weighted by molar-refractivity contribution is 0.0692. The lowest BCUT2D eigenvalue weighted by atomic mass is 10.2. The van der Waals surface area contributed by atoms with Crippen LogP contribution in [-0.2, 0) is 10.0 Å². The van der Waals surface area contributed by atoms with Crippen LogP contribution in [-0.4, -0.2) is 36.9 Å². The van der Waals surface area contributed by atoms with Crippen molar-refractivity contribution in [3.05, 3.63) is 23.8 Å². The van der Waals surface area contributed by atoms with Crippen LogP contribution < -0.4 is 5.73 Å². The van der Waals surface area contributed by atoms with Crippen LogP contribution in [0.1, 0.15) is 23.2 Å². The van der Waals surface area contributed by atoms with E-state index in [2.05, 4.69) is 0 Å². The van der Waals surface area contributed by atoms with E-state index in [0.717, 1.165) is 18.9 Å². The highest BCUT2D eigenvalue weighted by Gasteiger charge is 2.36. The number of sulfonamides is 1. The number of carboxylic acid groups (broad SMARTS) is 1. The second kappa shape index (κ2) is 4.25. The molecule has 0 amide bonds. The van der Waals surface area contributed by atoms with E-state index in [1.165, 1.54) is 23.5 Å². The predicted molar refractivity (Wildman–Crippen MR) is 65.8 cm³/mol. The first kappa shape index (κ1) is 12.8. The van der Waals surface area contributed by atoms with E-state index in [0.29, 0.717) is 0 Å². The van der Waals surface area contributed by atoms with Crippen LogP contribution in [0.25, 0.3) is 0 Å². The minimum atomic E-state index is -3.77. The van der Waals surface area contributed by atoms with Crippen LogP contribution in [0.3, 0.4) is 0 Å². The third-order valence-electron chi connectivity index (χ3n) is 2.95. The highest BCUT2D eigenvalue weighted by molar-refractivity contribution is 7.89. The number of carbonyl (C=O) groups is 1. The normalized spacial score (nSPS) is 15.9. The van der Waals surface area contributed by atoms with Gasteiger partial charge in [0.1, 0.15) is 0 Å². The molecule has 1 saturated carbocycles. The van der Waals surface area contributed by atoms with Gasteiger partial charge in [-0.1, -0.05) is 0 Å². The molecule has 0 atom stereocenters. The number of hydrogen-bond acceptors (Lipinski definition) is 4. The zero-order valence-corrected chi connectivity index (χ0v) is 10.6. The van der Waals surface area contributed by atoms with Crippen molar-refractivity contribution < 1.29 is 18.3 Å². The van der Waals surface area contributed by atoms with Crippen molar-refractivity contribution in [3.8, 4) is 0 Å². The fourth-order valence-corrected chi connectivity index (χ4v) is 3.31. The molecule has 0 unspecified atom stereocenters. The van der Waals surface area contributed by atoms with E-state index < -0.39 is 16.0 Å². The largest absolute Gasteiger partial charge is 0.478 e. The van der Waals surface area contributed by atoms with Crippen LogP contribution >= 0.6 is 0 Å². The molecule has 1 aliphatic rings. The number of nitrogens with two attached hydrogens (primary N) is 1. The van der Waals surface area contributed by atoms with Gasteiger partial charge in [0.25, 0.3) is 0 Å². The molecule has 0 aliphatic heterocycles. The number of rotatable bonds is 4. The number of nitrogen functional groups attached to an aromatic ring is 1. The molecular weight excluding hydrogens is 256 g/mol. The number of aromatic carboxylic acids is 1. The highest BCUT2D eigenvalue weighted by Crippen LogP contribution is 2.31. The summed E-state index contributed by atoms with van der Waals surface area (Å²) < 4.78 is 25.8. The second-order valence-corrected chi connectivity index (χ2v) is 6.28. The van der Waals surface area contributed by atoms with Crippen molar-refractivity contribution in [3.63, 3.8) is 0 Å². The summed E-state index contributed by atoms with van der Waals surface area (Å²) in [7, 11) is -2.30. The van der Waals surface area contributed by atoms with Crippen molar-refractivity contribution in [2.45, 2.75) is 23.8 Å². The Labute approximate surface area is 105 Å². The molecule has 7 heteroatoms. The maximum atomic E-state index is 12.3. The summed E-state index contributed by atoms with van der Waals surface area (Å²) in [5.74, 6) is -1.30. The van der Waals surface area contributed by atoms with E-state index >= 15 is 0 Å². The Morgan fingerprint density at radius 2 is 2.06 bits per heavy atom. The van der Waals surface area contributed by atoms with E-state index in [1.807, 2.05) is 0 Å². The van der Waals surface area contributed by atoms with Crippen LogP contribution in [0.15, 0.2) is 23.1 Å². The van der Waals surface area contributed by atoms with Crippen molar-refractivity contribution in [1.29, 1.82) is 0 Å². The smallest absolute Gasteiger partial charge is 0.337 e. The van der Waals surface area contributed by atoms with Crippen molar-refractivity contribution in [2.24, 2.45) is 0 Å². The Morgan fingerprint density at radius 3 is 2.56 bits per heavy atom. The van der Waals surface area contributed by atoms with Gasteiger partial charge >= 0.3 is 5.97 Å². The van der Waals surface area contributed by atoms with Crippen LogP contribution in [0.4, 0.5) is 5.69 Å². The van der Waals surface area contributed by atoms with Gasteiger partial charge in [-0.2, -0.15) is 4.31 Å². The Bertz CT molecular complexity index is 593. The summed E-state index contributed by atoms with van der Waals surface area (Å²) in [5.41, 5.74) is 5.42. The third-order valence-corrected chi connectivity index (χ3v) is 4.92. The van der Waals surface area contributed by atoms with Gasteiger partial charge < -0.3 is 10.8 Å². The first-order valence-corrected chi connectivity index (χ1v) is 6.89. The Morgan fingerprint density at radius 1 is 1.44 bits per heavy atom. The minimum absolute atomic E-state index is 0.0193. The first-order valence-electron chi connectivity index (χ1n) is 5.45. The van der Waals surface area contributed by atoms with Crippen LogP contribution in [0, 0.1) is 0 Å². The summed E-state index contributed by atoms with van der Waals surface area (Å²) in [4.78, 5) is 10.9. The Hall–Kier alpha value is -1.60. The molecule has 3 N–H and O–H groups in total. The Kier molecular flexibility index (Phi) is 3.04. The van der Waals surface area contributed by atoms with E-state index in [-0.39, 0.29) is 22.2 Å². The van der Waals surface area contributed by atoms with Gasteiger partial charge in [-0.15, -0.1) is 0 Å². The van der Waals surface area contributed by atoms with Crippen LogP contribution in [0.5, 0.6) is 0 Å². The van der Waals surface area contributed by atoms with Gasteiger partial charge in [0.15, 0.2) is 0 Å². The molecular formula is C11H14N2O4S. The van der Waals surface area contributed by atoms with Crippen molar-refractivity contribution >= 4 is 21.7 Å². The number of anilines is 1. The molecule has 2 rings (SSSR count). The second-order valence-electron chi connectivity index (χ2n) is 4.31. The SMILES string of the molecule is CN(C1CC1)S(=O)(=O)c1ccc(N)cc1C(=O)O. The minimum Gasteiger partial charge on any atom is -0.478 e. The van der Waals surface area contributed by atoms with Crippen molar-refractivity contribution in [2.75, 3.05) is 12.8 Å². The quantitative estimate of drug-likeness (QED) is 0.786. The highest BCUT2D eigenvalue weighted by atomic mass is 32.2. The van der Waals surface area contributed by atoms with E-state index in [1.54, 1.807) is 0 Å². The zero-order valence-electron chi connectivity index (χ0n) is 9.83. The fraction of sp³-hybridized carbons (Fsp3) is 0.364. The zero-order chi connectivity index (χ0) is 13.5. The molecule has 0 spiro atoms. The summed E-state index contributed by atoms with van der Waals surface area (Å²) in [6, 6.07) is 3.78. The predicted octanol–water partition coefficient (Wildman–Crippen LogP) is 0.750. The summed E-state index contributed by atoms with van der Waals surface area (Å²) in [5, 5.41) is 9.05. The van der Waals surface area contributed by atoms with Gasteiger partial charge in [-0.3, -0.25) is 0 Å². The van der Waals surface area contributed by atoms with E-state index in [4.69, 9.17) is 10.8 Å². The first-order chi connectivity index (χ1) is 8.34. The average molecular weight is 270 g/mol. The third kappa shape index (κ3) is 2.19. The maximum Gasteiger partial charge on any atom is 0.337 e.